The van der Waals surface area contributed by atoms with Gasteiger partial charge < -0.3 is 10.0 Å². The number of rotatable bonds is 4. The minimum absolute atomic E-state index is 0.0264. The van der Waals surface area contributed by atoms with Crippen LogP contribution in [-0.4, -0.2) is 35.6 Å². The van der Waals surface area contributed by atoms with E-state index in [4.69, 9.17) is 28.3 Å². The maximum atomic E-state index is 12.1. The zero-order chi connectivity index (χ0) is 14.5. The minimum atomic E-state index is -0.0264. The van der Waals surface area contributed by atoms with Gasteiger partial charge >= 0.3 is 0 Å². The number of amides is 1. The third kappa shape index (κ3) is 3.98. The highest BCUT2D eigenvalue weighted by Gasteiger charge is 2.24. The molecule has 2 rings (SSSR count). The number of benzene rings is 1. The molecule has 0 aliphatic carbocycles. The Morgan fingerprint density at radius 2 is 2.25 bits per heavy atom. The van der Waals surface area contributed by atoms with Crippen LogP contribution in [0.4, 0.5) is 0 Å². The summed E-state index contributed by atoms with van der Waals surface area (Å²) < 4.78 is 0. The van der Waals surface area contributed by atoms with Crippen molar-refractivity contribution >= 4 is 35.2 Å². The van der Waals surface area contributed by atoms with E-state index in [1.165, 1.54) is 6.08 Å². The highest BCUT2D eigenvalue weighted by Crippen LogP contribution is 2.23. The van der Waals surface area contributed by atoms with Gasteiger partial charge in [0.2, 0.25) is 5.91 Å². The fraction of sp³-hybridized carbons (Fsp3) is 0.400. The molecule has 0 aromatic heterocycles. The molecule has 1 unspecified atom stereocenters. The molecule has 0 radical (unpaired) electrons. The molecule has 108 valence electrons. The summed E-state index contributed by atoms with van der Waals surface area (Å²) in [7, 11) is 0. The number of aliphatic hydroxyl groups is 1. The number of likely N-dealkylation sites (tertiary alicyclic amines) is 1. The van der Waals surface area contributed by atoms with Crippen molar-refractivity contribution in [2.24, 2.45) is 5.92 Å². The van der Waals surface area contributed by atoms with E-state index in [1.807, 2.05) is 0 Å². The van der Waals surface area contributed by atoms with Gasteiger partial charge in [-0.2, -0.15) is 0 Å². The van der Waals surface area contributed by atoms with Gasteiger partial charge in [0, 0.05) is 35.8 Å². The van der Waals surface area contributed by atoms with E-state index in [0.29, 0.717) is 22.5 Å². The molecule has 0 saturated carbocycles. The fourth-order valence-electron chi connectivity index (χ4n) is 2.36. The average molecular weight is 314 g/mol. The quantitative estimate of drug-likeness (QED) is 0.867. The van der Waals surface area contributed by atoms with E-state index >= 15 is 0 Å². The Morgan fingerprint density at radius 3 is 3.00 bits per heavy atom. The number of hydrogen-bond donors (Lipinski definition) is 1. The molecule has 1 aromatic rings. The molecule has 1 amide bonds. The van der Waals surface area contributed by atoms with Crippen molar-refractivity contribution in [1.29, 1.82) is 0 Å². The Bertz CT molecular complexity index is 517. The maximum Gasteiger partial charge on any atom is 0.246 e. The molecule has 1 aliphatic heterocycles. The van der Waals surface area contributed by atoms with Gasteiger partial charge in [0.15, 0.2) is 0 Å². The van der Waals surface area contributed by atoms with E-state index in [2.05, 4.69) is 0 Å². The first-order valence-corrected chi connectivity index (χ1v) is 7.38. The normalized spacial score (nSPS) is 18.9. The van der Waals surface area contributed by atoms with Crippen LogP contribution in [-0.2, 0) is 4.79 Å². The van der Waals surface area contributed by atoms with Crippen molar-refractivity contribution in [3.05, 3.63) is 39.9 Å². The van der Waals surface area contributed by atoms with E-state index in [0.717, 1.165) is 24.9 Å². The molecule has 1 aliphatic rings. The lowest BCUT2D eigenvalue weighted by atomic mass is 10.1. The highest BCUT2D eigenvalue weighted by molar-refractivity contribution is 6.34. The second kappa shape index (κ2) is 7.11. The molecule has 1 aromatic carbocycles. The molecule has 5 heteroatoms. The standard InChI is InChI=1S/C15H17Cl2NO2/c16-13-2-3-14(17)12(9-13)1-4-15(20)18-7-5-11(10-18)6-8-19/h1-4,9,11,19H,5-8,10H2/b4-1+. The summed E-state index contributed by atoms with van der Waals surface area (Å²) in [5, 5.41) is 10.1. The molecular formula is C15H17Cl2NO2. The molecule has 1 heterocycles. The lowest BCUT2D eigenvalue weighted by Gasteiger charge is -2.13. The highest BCUT2D eigenvalue weighted by atomic mass is 35.5. The third-order valence-corrected chi connectivity index (χ3v) is 4.08. The van der Waals surface area contributed by atoms with E-state index in [9.17, 15) is 4.79 Å². The van der Waals surface area contributed by atoms with Gasteiger partial charge in [-0.15, -0.1) is 0 Å². The van der Waals surface area contributed by atoms with Gasteiger partial charge in [-0.25, -0.2) is 0 Å². The van der Waals surface area contributed by atoms with Crippen LogP contribution in [0.25, 0.3) is 6.08 Å². The Labute approximate surface area is 128 Å². The monoisotopic (exact) mass is 313 g/mol. The average Bonchev–Trinajstić information content (AvgIpc) is 2.88. The van der Waals surface area contributed by atoms with Gasteiger partial charge in [-0.3, -0.25) is 4.79 Å². The molecule has 1 atom stereocenters. The SMILES string of the molecule is O=C(/C=C/c1cc(Cl)ccc1Cl)N1CCC(CCO)C1. The van der Waals surface area contributed by atoms with Crippen LogP contribution in [0, 0.1) is 5.92 Å². The van der Waals surface area contributed by atoms with Gasteiger partial charge in [0.1, 0.15) is 0 Å². The predicted octanol–water partition coefficient (Wildman–Crippen LogP) is 3.24. The summed E-state index contributed by atoms with van der Waals surface area (Å²) in [6.45, 7) is 1.64. The van der Waals surface area contributed by atoms with Crippen molar-refractivity contribution in [2.45, 2.75) is 12.8 Å². The molecular weight excluding hydrogens is 297 g/mol. The number of halogens is 2. The summed E-state index contributed by atoms with van der Waals surface area (Å²) in [5.74, 6) is 0.383. The van der Waals surface area contributed by atoms with Crippen LogP contribution < -0.4 is 0 Å². The van der Waals surface area contributed by atoms with Crippen molar-refractivity contribution < 1.29 is 9.90 Å². The second-order valence-electron chi connectivity index (χ2n) is 4.95. The number of carbonyl (C=O) groups excluding carboxylic acids is 1. The van der Waals surface area contributed by atoms with Crippen LogP contribution in [0.3, 0.4) is 0 Å². The van der Waals surface area contributed by atoms with Gasteiger partial charge in [-0.05, 0) is 48.6 Å². The van der Waals surface area contributed by atoms with Crippen LogP contribution >= 0.6 is 23.2 Å². The maximum absolute atomic E-state index is 12.1. The van der Waals surface area contributed by atoms with E-state index < -0.39 is 0 Å². The van der Waals surface area contributed by atoms with Crippen molar-refractivity contribution in [2.75, 3.05) is 19.7 Å². The molecule has 3 nitrogen and oxygen atoms in total. The van der Waals surface area contributed by atoms with Crippen LogP contribution in [0.2, 0.25) is 10.0 Å². The smallest absolute Gasteiger partial charge is 0.246 e. The van der Waals surface area contributed by atoms with Crippen LogP contribution in [0.1, 0.15) is 18.4 Å². The fourth-order valence-corrected chi connectivity index (χ4v) is 2.72. The van der Waals surface area contributed by atoms with Gasteiger partial charge in [-0.1, -0.05) is 23.2 Å². The predicted molar refractivity (Wildman–Crippen MR) is 81.9 cm³/mol. The molecule has 1 fully saturated rings. The minimum Gasteiger partial charge on any atom is -0.396 e. The molecule has 1 saturated heterocycles. The van der Waals surface area contributed by atoms with Gasteiger partial charge in [0.25, 0.3) is 0 Å². The number of nitrogens with zero attached hydrogens (tertiary/aromatic N) is 1. The Kier molecular flexibility index (Phi) is 5.46. The Balaban J connectivity index is 1.98. The van der Waals surface area contributed by atoms with Crippen molar-refractivity contribution in [1.82, 2.24) is 4.90 Å². The van der Waals surface area contributed by atoms with Crippen LogP contribution in [0.5, 0.6) is 0 Å². The van der Waals surface area contributed by atoms with E-state index in [-0.39, 0.29) is 12.5 Å². The first kappa shape index (κ1) is 15.4. The number of carbonyl (C=O) groups is 1. The lowest BCUT2D eigenvalue weighted by molar-refractivity contribution is -0.125. The third-order valence-electron chi connectivity index (χ3n) is 3.50. The molecule has 20 heavy (non-hydrogen) atoms. The molecule has 0 bridgehead atoms. The largest absolute Gasteiger partial charge is 0.396 e. The molecule has 0 spiro atoms. The number of hydrogen-bond acceptors (Lipinski definition) is 2. The zero-order valence-corrected chi connectivity index (χ0v) is 12.6. The first-order valence-electron chi connectivity index (χ1n) is 6.63. The molecule has 1 N–H and O–H groups in total. The van der Waals surface area contributed by atoms with Gasteiger partial charge in [0.05, 0.1) is 0 Å². The summed E-state index contributed by atoms with van der Waals surface area (Å²) in [6, 6.07) is 5.15. The Morgan fingerprint density at radius 1 is 1.45 bits per heavy atom. The van der Waals surface area contributed by atoms with Crippen LogP contribution in [0.15, 0.2) is 24.3 Å². The summed E-state index contributed by atoms with van der Waals surface area (Å²) in [4.78, 5) is 13.9. The number of aliphatic hydroxyl groups excluding tert-OH is 1. The lowest BCUT2D eigenvalue weighted by Crippen LogP contribution is -2.26. The first-order chi connectivity index (χ1) is 9.60. The summed E-state index contributed by atoms with van der Waals surface area (Å²) in [6.07, 6.45) is 4.93. The zero-order valence-electron chi connectivity index (χ0n) is 11.1. The second-order valence-corrected chi connectivity index (χ2v) is 5.79. The topological polar surface area (TPSA) is 40.5 Å². The van der Waals surface area contributed by atoms with Crippen molar-refractivity contribution in [3.63, 3.8) is 0 Å². The summed E-state index contributed by atoms with van der Waals surface area (Å²) >= 11 is 11.9. The van der Waals surface area contributed by atoms with Crippen molar-refractivity contribution in [3.8, 4) is 0 Å². The Hall–Kier alpha value is -1.03. The van der Waals surface area contributed by atoms with E-state index in [1.54, 1.807) is 29.2 Å². The summed E-state index contributed by atoms with van der Waals surface area (Å²) in [5.41, 5.74) is 0.735.